The van der Waals surface area contributed by atoms with Crippen molar-refractivity contribution in [2.24, 2.45) is 0 Å². The quantitative estimate of drug-likeness (QED) is 0.431. The summed E-state index contributed by atoms with van der Waals surface area (Å²) in [5.41, 5.74) is 1.98. The first-order valence-corrected chi connectivity index (χ1v) is 10.0. The lowest BCUT2D eigenvalue weighted by atomic mass is 10.3. The maximum absolute atomic E-state index is 5.65. The maximum atomic E-state index is 5.65. The largest absolute Gasteiger partial charge is 0.442 e. The van der Waals surface area contributed by atoms with E-state index < -0.39 is 0 Å². The van der Waals surface area contributed by atoms with E-state index in [2.05, 4.69) is 22.1 Å². The zero-order valence-electron chi connectivity index (χ0n) is 13.0. The molecule has 0 aliphatic rings. The van der Waals surface area contributed by atoms with Gasteiger partial charge < -0.3 is 4.74 Å². The van der Waals surface area contributed by atoms with Crippen molar-refractivity contribution in [2.75, 3.05) is 0 Å². The zero-order chi connectivity index (χ0) is 17.2. The third-order valence-corrected chi connectivity index (χ3v) is 6.02. The van der Waals surface area contributed by atoms with Crippen LogP contribution in [0.1, 0.15) is 10.0 Å². The SMILES string of the molecule is S=C(Cc1nc2ccccc2s1)OC(=S)Cc1nc2ccccc2s1. The van der Waals surface area contributed by atoms with Gasteiger partial charge in [0.1, 0.15) is 10.0 Å². The summed E-state index contributed by atoms with van der Waals surface area (Å²) in [5, 5.41) is 2.78. The van der Waals surface area contributed by atoms with Gasteiger partial charge >= 0.3 is 0 Å². The molecule has 0 amide bonds. The third kappa shape index (κ3) is 3.90. The van der Waals surface area contributed by atoms with Crippen LogP contribution in [0.5, 0.6) is 0 Å². The van der Waals surface area contributed by atoms with Crippen molar-refractivity contribution in [3.05, 3.63) is 58.5 Å². The molecule has 0 aliphatic heterocycles. The minimum atomic E-state index is 0.449. The van der Waals surface area contributed by atoms with Crippen molar-refractivity contribution in [1.82, 2.24) is 9.97 Å². The van der Waals surface area contributed by atoms with Gasteiger partial charge in [0.2, 0.25) is 0 Å². The van der Waals surface area contributed by atoms with Crippen molar-refractivity contribution < 1.29 is 4.74 Å². The van der Waals surface area contributed by atoms with Crippen molar-refractivity contribution in [1.29, 1.82) is 0 Å². The van der Waals surface area contributed by atoms with Gasteiger partial charge in [-0.1, -0.05) is 24.3 Å². The number of thiocarbonyl (C=S) groups is 2. The molecule has 0 fully saturated rings. The number of fused-ring (bicyclic) bond motifs is 2. The number of hydrogen-bond donors (Lipinski definition) is 0. The van der Waals surface area contributed by atoms with Crippen LogP contribution in [0.15, 0.2) is 48.5 Å². The lowest BCUT2D eigenvalue weighted by Gasteiger charge is -2.05. The molecule has 124 valence electrons. The third-order valence-electron chi connectivity index (χ3n) is 3.50. The fourth-order valence-electron chi connectivity index (χ4n) is 2.44. The second-order valence-corrected chi connectivity index (χ2v) is 8.49. The second kappa shape index (κ2) is 7.21. The van der Waals surface area contributed by atoms with E-state index in [1.54, 1.807) is 22.7 Å². The number of para-hydroxylation sites is 2. The Labute approximate surface area is 163 Å². The highest BCUT2D eigenvalue weighted by Crippen LogP contribution is 2.23. The summed E-state index contributed by atoms with van der Waals surface area (Å²) in [5.74, 6) is 0. The number of rotatable bonds is 4. The normalized spacial score (nSPS) is 11.0. The number of benzene rings is 2. The molecule has 0 atom stereocenters. The zero-order valence-corrected chi connectivity index (χ0v) is 16.2. The summed E-state index contributed by atoms with van der Waals surface area (Å²) >= 11 is 13.9. The number of aromatic nitrogens is 2. The Balaban J connectivity index is 1.39. The van der Waals surface area contributed by atoms with Gasteiger partial charge in [0.05, 0.1) is 33.3 Å². The highest BCUT2D eigenvalue weighted by atomic mass is 32.1. The van der Waals surface area contributed by atoms with Crippen molar-refractivity contribution in [3.8, 4) is 0 Å². The maximum Gasteiger partial charge on any atom is 0.174 e. The number of ether oxygens (including phenoxy) is 1. The predicted octanol–water partition coefficient (Wildman–Crippen LogP) is 5.36. The van der Waals surface area contributed by atoms with E-state index in [0.29, 0.717) is 22.9 Å². The first-order valence-electron chi connectivity index (χ1n) is 7.60. The lowest BCUT2D eigenvalue weighted by molar-refractivity contribution is 0.549. The summed E-state index contributed by atoms with van der Waals surface area (Å²) in [7, 11) is 0. The fraction of sp³-hybridized carbons (Fsp3) is 0.111. The Hall–Kier alpha value is -1.80. The molecule has 0 bridgehead atoms. The molecule has 7 heteroatoms. The monoisotopic (exact) mass is 400 g/mol. The molecular weight excluding hydrogens is 388 g/mol. The topological polar surface area (TPSA) is 35.0 Å². The van der Waals surface area contributed by atoms with Gasteiger partial charge in [0.15, 0.2) is 10.1 Å². The predicted molar refractivity (Wildman–Crippen MR) is 113 cm³/mol. The molecule has 2 aromatic carbocycles. The van der Waals surface area contributed by atoms with Crippen molar-refractivity contribution in [3.63, 3.8) is 0 Å². The molecule has 0 N–H and O–H groups in total. The molecule has 0 saturated heterocycles. The van der Waals surface area contributed by atoms with Gasteiger partial charge in [-0.25, -0.2) is 9.97 Å². The van der Waals surface area contributed by atoms with Gasteiger partial charge in [-0.3, -0.25) is 0 Å². The Morgan fingerprint density at radius 2 is 1.20 bits per heavy atom. The minimum absolute atomic E-state index is 0.449. The standard InChI is InChI=1S/C18H12N2OS4/c22-17(9-15-19-11-5-1-3-7-13(11)24-15)21-18(23)10-16-20-12-6-2-4-8-14(12)25-16/h1-8H,9-10H2. The van der Waals surface area contributed by atoms with Crippen molar-refractivity contribution in [2.45, 2.75) is 12.8 Å². The van der Waals surface area contributed by atoms with Crippen LogP contribution in [-0.2, 0) is 17.6 Å². The molecule has 0 unspecified atom stereocenters. The van der Waals surface area contributed by atoms with Crippen LogP contribution in [0, 0.1) is 0 Å². The van der Waals surface area contributed by atoms with Gasteiger partial charge in [0.25, 0.3) is 0 Å². The number of thiazole rings is 2. The van der Waals surface area contributed by atoms with E-state index in [9.17, 15) is 0 Å². The van der Waals surface area contributed by atoms with Crippen LogP contribution in [0.25, 0.3) is 20.4 Å². The molecule has 3 nitrogen and oxygen atoms in total. The smallest absolute Gasteiger partial charge is 0.174 e. The van der Waals surface area contributed by atoms with Crippen LogP contribution in [-0.4, -0.2) is 20.1 Å². The van der Waals surface area contributed by atoms with E-state index >= 15 is 0 Å². The van der Waals surface area contributed by atoms with Crippen molar-refractivity contribution >= 4 is 77.6 Å². The summed E-state index contributed by atoms with van der Waals surface area (Å²) in [6, 6.07) is 16.1. The van der Waals surface area contributed by atoms with Crippen LogP contribution in [0.2, 0.25) is 0 Å². The average Bonchev–Trinajstić information content (AvgIpc) is 3.16. The minimum Gasteiger partial charge on any atom is -0.442 e. The first kappa shape index (κ1) is 16.7. The van der Waals surface area contributed by atoms with Crippen LogP contribution >= 0.6 is 47.1 Å². The highest BCUT2D eigenvalue weighted by molar-refractivity contribution is 7.81. The average molecular weight is 401 g/mol. The molecule has 0 saturated carbocycles. The number of nitrogens with zero attached hydrogens (tertiary/aromatic N) is 2. The Morgan fingerprint density at radius 1 is 0.760 bits per heavy atom. The van der Waals surface area contributed by atoms with Crippen LogP contribution < -0.4 is 0 Å². The molecule has 4 aromatic rings. The molecule has 2 heterocycles. The first-order chi connectivity index (χ1) is 12.2. The van der Waals surface area contributed by atoms with E-state index in [-0.39, 0.29) is 0 Å². The second-order valence-electron chi connectivity index (χ2n) is 5.35. The molecule has 0 spiro atoms. The lowest BCUT2D eigenvalue weighted by Crippen LogP contribution is -2.13. The molecule has 25 heavy (non-hydrogen) atoms. The van der Waals surface area contributed by atoms with Crippen LogP contribution in [0.4, 0.5) is 0 Å². The molecule has 4 rings (SSSR count). The summed E-state index contributed by atoms with van der Waals surface area (Å²) < 4.78 is 7.95. The van der Waals surface area contributed by atoms with Gasteiger partial charge in [-0.2, -0.15) is 0 Å². The summed E-state index contributed by atoms with van der Waals surface area (Å²) in [6.45, 7) is 0. The van der Waals surface area contributed by atoms with Gasteiger partial charge in [-0.05, 0) is 48.7 Å². The molecular formula is C18H12N2OS4. The highest BCUT2D eigenvalue weighted by Gasteiger charge is 2.12. The number of hydrogen-bond acceptors (Lipinski definition) is 7. The Morgan fingerprint density at radius 3 is 1.64 bits per heavy atom. The van der Waals surface area contributed by atoms with Crippen LogP contribution in [0.3, 0.4) is 0 Å². The summed E-state index contributed by atoms with van der Waals surface area (Å²) in [6.07, 6.45) is 0.989. The Bertz CT molecular complexity index is 931. The fourth-order valence-corrected chi connectivity index (χ4v) is 5.08. The van der Waals surface area contributed by atoms with E-state index in [1.165, 1.54) is 0 Å². The summed E-state index contributed by atoms with van der Waals surface area (Å²) in [4.78, 5) is 9.14. The molecule has 2 aromatic heterocycles. The van der Waals surface area contributed by atoms with E-state index in [4.69, 9.17) is 29.2 Å². The van der Waals surface area contributed by atoms with E-state index in [0.717, 1.165) is 30.4 Å². The molecule has 0 aliphatic carbocycles. The molecule has 0 radical (unpaired) electrons. The van der Waals surface area contributed by atoms with Gasteiger partial charge in [0, 0.05) is 0 Å². The van der Waals surface area contributed by atoms with Gasteiger partial charge in [-0.15, -0.1) is 22.7 Å². The Kier molecular flexibility index (Phi) is 4.80. The van der Waals surface area contributed by atoms with E-state index in [1.807, 2.05) is 36.4 Å².